The van der Waals surface area contributed by atoms with Crippen molar-refractivity contribution in [3.8, 4) is 0 Å². The van der Waals surface area contributed by atoms with E-state index in [1.54, 1.807) is 16.2 Å². The van der Waals surface area contributed by atoms with Gasteiger partial charge in [-0.15, -0.1) is 11.3 Å². The zero-order valence-electron chi connectivity index (χ0n) is 20.9. The van der Waals surface area contributed by atoms with Crippen molar-refractivity contribution in [2.45, 2.75) is 57.5 Å². The summed E-state index contributed by atoms with van der Waals surface area (Å²) in [4.78, 5) is 43.8. The van der Waals surface area contributed by atoms with Gasteiger partial charge in [-0.1, -0.05) is 62.4 Å². The van der Waals surface area contributed by atoms with Crippen LogP contribution in [-0.2, 0) is 32.2 Å². The number of hydrogen-bond acceptors (Lipinski definition) is 5. The number of hydrogen-bond donors (Lipinski definition) is 2. The molecule has 2 saturated heterocycles. The predicted octanol–water partition coefficient (Wildman–Crippen LogP) is 3.27. The number of nitrogens with one attached hydrogen (secondary N) is 2. The van der Waals surface area contributed by atoms with Gasteiger partial charge in [-0.3, -0.25) is 14.4 Å². The first kappa shape index (κ1) is 24.7. The molecule has 3 amide bonds. The molecule has 5 atom stereocenters. The van der Waals surface area contributed by atoms with Crippen LogP contribution >= 0.6 is 11.3 Å². The summed E-state index contributed by atoms with van der Waals surface area (Å²) < 4.78 is 6.54. The molecule has 2 aromatic rings. The number of rotatable bonds is 9. The fourth-order valence-corrected chi connectivity index (χ4v) is 6.49. The first-order valence-electron chi connectivity index (χ1n) is 12.6. The van der Waals surface area contributed by atoms with E-state index in [0.29, 0.717) is 25.6 Å². The average molecular weight is 508 g/mol. The van der Waals surface area contributed by atoms with Crippen molar-refractivity contribution in [3.05, 3.63) is 70.4 Å². The maximum atomic E-state index is 13.9. The van der Waals surface area contributed by atoms with Crippen LogP contribution in [0, 0.1) is 17.8 Å². The molecule has 8 heteroatoms. The molecule has 3 aliphatic heterocycles. The molecule has 2 bridgehead atoms. The Bertz CT molecular complexity index is 1160. The van der Waals surface area contributed by atoms with Crippen molar-refractivity contribution in [1.82, 2.24) is 15.5 Å². The van der Waals surface area contributed by atoms with Gasteiger partial charge in [-0.2, -0.15) is 0 Å². The van der Waals surface area contributed by atoms with E-state index in [9.17, 15) is 14.4 Å². The minimum Gasteiger partial charge on any atom is -0.356 e. The largest absolute Gasteiger partial charge is 0.356 e. The molecule has 2 N–H and O–H groups in total. The SMILES string of the molecule is CC(C)CCN1C(=O)[C@@H]2[C@H](C(=O)NCc3cccs3)[C@@]3(C)C=C[C@@]2(O3)[C@H]1C(=O)NCc1ccccc1. The molecule has 1 aromatic heterocycles. The van der Waals surface area contributed by atoms with Crippen LogP contribution in [0.2, 0.25) is 0 Å². The van der Waals surface area contributed by atoms with Crippen LogP contribution in [0.1, 0.15) is 37.6 Å². The van der Waals surface area contributed by atoms with E-state index in [1.165, 1.54) is 0 Å². The molecule has 4 heterocycles. The Balaban J connectivity index is 1.43. The highest BCUT2D eigenvalue weighted by molar-refractivity contribution is 7.09. The number of carbonyl (C=O) groups excluding carboxylic acids is 3. The number of benzene rings is 1. The van der Waals surface area contributed by atoms with Crippen molar-refractivity contribution in [2.24, 2.45) is 17.8 Å². The van der Waals surface area contributed by atoms with Gasteiger partial charge in [0.1, 0.15) is 11.6 Å². The van der Waals surface area contributed by atoms with E-state index in [-0.39, 0.29) is 17.7 Å². The molecule has 3 aliphatic rings. The molecule has 0 unspecified atom stereocenters. The lowest BCUT2D eigenvalue weighted by molar-refractivity contribution is -0.145. The summed E-state index contributed by atoms with van der Waals surface area (Å²) in [5.41, 5.74) is -1.13. The van der Waals surface area contributed by atoms with Gasteiger partial charge in [0.15, 0.2) is 0 Å². The standard InChI is InChI=1S/C28H33N3O4S/c1-18(2)11-14-31-23(25(33)29-16-19-8-5-4-6-9-19)28-13-12-27(3,35-28)21(22(28)26(31)34)24(32)30-17-20-10-7-15-36-20/h4-10,12-13,15,18,21-23H,11,14,16-17H2,1-3H3,(H,29,33)(H,30,32)/t21-,22+,23-,27-,28+/m1/s1. The molecule has 1 spiro atoms. The number of likely N-dealkylation sites (tertiary alicyclic amines) is 1. The van der Waals surface area contributed by atoms with Crippen molar-refractivity contribution < 1.29 is 19.1 Å². The predicted molar refractivity (Wildman–Crippen MR) is 138 cm³/mol. The van der Waals surface area contributed by atoms with Crippen molar-refractivity contribution in [1.29, 1.82) is 0 Å². The van der Waals surface area contributed by atoms with Gasteiger partial charge in [0, 0.05) is 18.0 Å². The molecule has 1 aromatic carbocycles. The van der Waals surface area contributed by atoms with Crippen LogP contribution in [-0.4, -0.2) is 46.4 Å². The van der Waals surface area contributed by atoms with E-state index in [0.717, 1.165) is 16.9 Å². The number of fused-ring (bicyclic) bond motifs is 1. The minimum absolute atomic E-state index is 0.181. The molecular weight excluding hydrogens is 474 g/mol. The van der Waals surface area contributed by atoms with E-state index in [2.05, 4.69) is 24.5 Å². The minimum atomic E-state index is -1.16. The highest BCUT2D eigenvalue weighted by atomic mass is 32.1. The third-order valence-electron chi connectivity index (χ3n) is 7.60. The molecule has 190 valence electrons. The number of amides is 3. The fraction of sp³-hybridized carbons (Fsp3) is 0.464. The number of nitrogens with zero attached hydrogens (tertiary/aromatic N) is 1. The average Bonchev–Trinajstić information content (AvgIpc) is 3.60. The Morgan fingerprint density at radius 3 is 2.50 bits per heavy atom. The maximum Gasteiger partial charge on any atom is 0.246 e. The molecule has 2 fully saturated rings. The second kappa shape index (κ2) is 9.48. The molecule has 5 rings (SSSR count). The molecule has 0 saturated carbocycles. The lowest BCUT2D eigenvalue weighted by Crippen LogP contribution is -2.54. The summed E-state index contributed by atoms with van der Waals surface area (Å²) in [6.45, 7) is 7.22. The van der Waals surface area contributed by atoms with E-state index >= 15 is 0 Å². The Labute approximate surface area is 215 Å². The normalized spacial score (nSPS) is 30.2. The second-order valence-electron chi connectivity index (χ2n) is 10.5. The van der Waals surface area contributed by atoms with Crippen LogP contribution in [0.4, 0.5) is 0 Å². The number of ether oxygens (including phenoxy) is 1. The van der Waals surface area contributed by atoms with Crippen LogP contribution < -0.4 is 10.6 Å². The fourth-order valence-electron chi connectivity index (χ4n) is 5.85. The third kappa shape index (κ3) is 4.16. The quantitative estimate of drug-likeness (QED) is 0.510. The van der Waals surface area contributed by atoms with Crippen molar-refractivity contribution in [3.63, 3.8) is 0 Å². The zero-order valence-corrected chi connectivity index (χ0v) is 21.7. The van der Waals surface area contributed by atoms with Crippen LogP contribution in [0.5, 0.6) is 0 Å². The van der Waals surface area contributed by atoms with Gasteiger partial charge in [0.2, 0.25) is 17.7 Å². The Kier molecular flexibility index (Phi) is 6.51. The second-order valence-corrected chi connectivity index (χ2v) is 11.6. The van der Waals surface area contributed by atoms with Crippen molar-refractivity contribution in [2.75, 3.05) is 6.54 Å². The van der Waals surface area contributed by atoms with Gasteiger partial charge in [-0.25, -0.2) is 0 Å². The van der Waals surface area contributed by atoms with Gasteiger partial charge in [-0.05, 0) is 36.3 Å². The summed E-state index contributed by atoms with van der Waals surface area (Å²) in [6.07, 6.45) is 4.49. The summed E-state index contributed by atoms with van der Waals surface area (Å²) in [5, 5.41) is 8.00. The van der Waals surface area contributed by atoms with Crippen LogP contribution in [0.25, 0.3) is 0 Å². The first-order chi connectivity index (χ1) is 17.2. The Morgan fingerprint density at radius 2 is 1.81 bits per heavy atom. The summed E-state index contributed by atoms with van der Waals surface area (Å²) in [5.74, 6) is -1.74. The smallest absolute Gasteiger partial charge is 0.246 e. The van der Waals surface area contributed by atoms with Gasteiger partial charge >= 0.3 is 0 Å². The zero-order chi connectivity index (χ0) is 25.5. The molecule has 36 heavy (non-hydrogen) atoms. The molecule has 7 nitrogen and oxygen atoms in total. The van der Waals surface area contributed by atoms with E-state index < -0.39 is 29.1 Å². The highest BCUT2D eigenvalue weighted by Crippen LogP contribution is 2.59. The highest BCUT2D eigenvalue weighted by Gasteiger charge is 2.76. The Hall–Kier alpha value is -2.97. The maximum absolute atomic E-state index is 13.9. The monoisotopic (exact) mass is 507 g/mol. The molecular formula is C28H33N3O4S. The lowest BCUT2D eigenvalue weighted by atomic mass is 9.70. The number of thiophene rings is 1. The molecule has 0 radical (unpaired) electrons. The van der Waals surface area contributed by atoms with Crippen molar-refractivity contribution >= 4 is 29.1 Å². The van der Waals surface area contributed by atoms with Crippen LogP contribution in [0.3, 0.4) is 0 Å². The van der Waals surface area contributed by atoms with E-state index in [4.69, 9.17) is 4.74 Å². The van der Waals surface area contributed by atoms with E-state index in [1.807, 2.05) is 66.9 Å². The van der Waals surface area contributed by atoms with Gasteiger partial charge in [0.05, 0.1) is 24.0 Å². The Morgan fingerprint density at radius 1 is 1.06 bits per heavy atom. The summed E-state index contributed by atoms with van der Waals surface area (Å²) >= 11 is 1.57. The van der Waals surface area contributed by atoms with Gasteiger partial charge in [0.25, 0.3) is 0 Å². The summed E-state index contributed by atoms with van der Waals surface area (Å²) in [7, 11) is 0. The number of carbonyl (C=O) groups is 3. The molecule has 0 aliphatic carbocycles. The lowest BCUT2D eigenvalue weighted by Gasteiger charge is -2.33. The topological polar surface area (TPSA) is 87.7 Å². The van der Waals surface area contributed by atoms with Gasteiger partial charge < -0.3 is 20.3 Å². The third-order valence-corrected chi connectivity index (χ3v) is 8.48. The van der Waals surface area contributed by atoms with Crippen LogP contribution in [0.15, 0.2) is 60.0 Å². The summed E-state index contributed by atoms with van der Waals surface area (Å²) in [6, 6.07) is 12.8. The first-order valence-corrected chi connectivity index (χ1v) is 13.5.